The maximum Gasteiger partial charge on any atom is 0.258 e. The molecular formula is C30H32FN3O4S. The number of amides is 2. The predicted octanol–water partition coefficient (Wildman–Crippen LogP) is 4.40. The number of carbonyl (C=O) groups excluding carboxylic acids is 3. The first-order chi connectivity index (χ1) is 18.7. The minimum Gasteiger partial charge on any atom is -0.391 e. The summed E-state index contributed by atoms with van der Waals surface area (Å²) in [4.78, 5) is 48.6. The molecule has 0 spiro atoms. The van der Waals surface area contributed by atoms with Crippen LogP contribution in [-0.4, -0.2) is 62.2 Å². The Kier molecular flexibility index (Phi) is 7.64. The first kappa shape index (κ1) is 27.1. The molecule has 7 nitrogen and oxygen atoms in total. The third-order valence-electron chi connectivity index (χ3n) is 7.69. The fraction of sp³-hybridized carbons (Fsp3) is 0.400. The van der Waals surface area contributed by atoms with E-state index in [0.717, 1.165) is 21.7 Å². The van der Waals surface area contributed by atoms with E-state index in [9.17, 15) is 23.9 Å². The van der Waals surface area contributed by atoms with E-state index in [4.69, 9.17) is 0 Å². The van der Waals surface area contributed by atoms with Gasteiger partial charge in [0.1, 0.15) is 11.9 Å². The van der Waals surface area contributed by atoms with Crippen molar-refractivity contribution in [2.24, 2.45) is 5.92 Å². The van der Waals surface area contributed by atoms with Gasteiger partial charge < -0.3 is 14.9 Å². The van der Waals surface area contributed by atoms with Gasteiger partial charge in [-0.15, -0.1) is 11.3 Å². The molecule has 1 saturated heterocycles. The number of halogens is 1. The maximum atomic E-state index is 14.4. The molecule has 2 aliphatic rings. The highest BCUT2D eigenvalue weighted by Crippen LogP contribution is 2.32. The fourth-order valence-electron chi connectivity index (χ4n) is 5.71. The highest BCUT2D eigenvalue weighted by Gasteiger charge is 2.46. The van der Waals surface area contributed by atoms with Crippen LogP contribution in [0.1, 0.15) is 53.9 Å². The number of carbonyl (C=O) groups is 3. The van der Waals surface area contributed by atoms with Gasteiger partial charge in [0, 0.05) is 25.9 Å². The van der Waals surface area contributed by atoms with Crippen molar-refractivity contribution in [1.29, 1.82) is 0 Å². The van der Waals surface area contributed by atoms with Crippen molar-refractivity contribution in [2.75, 3.05) is 6.54 Å². The molecule has 0 radical (unpaired) electrons. The van der Waals surface area contributed by atoms with Gasteiger partial charge in [0.05, 0.1) is 33.8 Å². The van der Waals surface area contributed by atoms with Crippen LogP contribution in [0.3, 0.4) is 0 Å². The molecule has 2 aliphatic heterocycles. The molecule has 3 atom stereocenters. The first-order valence-electron chi connectivity index (χ1n) is 13.2. The van der Waals surface area contributed by atoms with E-state index in [-0.39, 0.29) is 49.1 Å². The van der Waals surface area contributed by atoms with Crippen molar-refractivity contribution in [3.63, 3.8) is 0 Å². The Morgan fingerprint density at radius 2 is 1.92 bits per heavy atom. The number of aryl methyl sites for hydroxylation is 2. The number of β-amino-alcohol motifs (C(OH)–C–C–N with tert-alkyl or cyclic N) is 1. The second kappa shape index (κ2) is 11.0. The monoisotopic (exact) mass is 549 g/mol. The zero-order valence-corrected chi connectivity index (χ0v) is 23.1. The summed E-state index contributed by atoms with van der Waals surface area (Å²) in [5.74, 6) is -1.89. The van der Waals surface area contributed by atoms with Crippen LogP contribution in [0.2, 0.25) is 0 Å². The zero-order chi connectivity index (χ0) is 27.8. The summed E-state index contributed by atoms with van der Waals surface area (Å²) < 4.78 is 14.4. The number of aliphatic hydroxyl groups excluding tert-OH is 1. The Morgan fingerprint density at radius 3 is 2.56 bits per heavy atom. The topological polar surface area (TPSA) is 90.8 Å². The lowest BCUT2D eigenvalue weighted by molar-refractivity contribution is -0.142. The summed E-state index contributed by atoms with van der Waals surface area (Å²) in [6.07, 6.45) is 0.0944. The maximum absolute atomic E-state index is 14.4. The number of benzene rings is 2. The van der Waals surface area contributed by atoms with Crippen molar-refractivity contribution in [2.45, 2.75) is 64.8 Å². The number of aliphatic hydroxyl groups is 1. The Morgan fingerprint density at radius 1 is 1.18 bits per heavy atom. The number of nitrogens with zero attached hydrogens (tertiary/aromatic N) is 3. The van der Waals surface area contributed by atoms with Gasteiger partial charge in [-0.05, 0) is 42.0 Å². The van der Waals surface area contributed by atoms with Crippen LogP contribution >= 0.6 is 11.3 Å². The van der Waals surface area contributed by atoms with Gasteiger partial charge >= 0.3 is 0 Å². The molecule has 9 heteroatoms. The quantitative estimate of drug-likeness (QED) is 0.450. The van der Waals surface area contributed by atoms with Crippen LogP contribution in [0, 0.1) is 18.7 Å². The molecule has 1 aromatic heterocycles. The molecule has 2 amide bonds. The molecular weight excluding hydrogens is 517 g/mol. The number of likely N-dealkylation sites (tertiary alicyclic amines) is 1. The van der Waals surface area contributed by atoms with Gasteiger partial charge in [-0.25, -0.2) is 9.37 Å². The molecule has 39 heavy (non-hydrogen) atoms. The minimum atomic E-state index is -0.868. The van der Waals surface area contributed by atoms with Crippen molar-refractivity contribution in [3.8, 4) is 10.4 Å². The van der Waals surface area contributed by atoms with Gasteiger partial charge in [0.25, 0.3) is 5.91 Å². The Balaban J connectivity index is 1.28. The SMILES string of the molecule is Cc1ncsc1-c1ccc(CCC(=O)[C@@H]2C[C@@H](O)CN2C(=O)[C@H](C(C)C)N2Cc3cccc(F)c3C2=O)cc1. The number of Topliss-reactive ketones (excluding diaryl/α,β-unsaturated/α-hetero) is 1. The van der Waals surface area contributed by atoms with E-state index in [0.29, 0.717) is 12.0 Å². The van der Waals surface area contributed by atoms with Crippen molar-refractivity contribution in [3.05, 3.63) is 76.2 Å². The van der Waals surface area contributed by atoms with Crippen molar-refractivity contribution < 1.29 is 23.9 Å². The largest absolute Gasteiger partial charge is 0.391 e. The zero-order valence-electron chi connectivity index (χ0n) is 22.3. The molecule has 204 valence electrons. The number of aromatic nitrogens is 1. The fourth-order valence-corrected chi connectivity index (χ4v) is 6.52. The van der Waals surface area contributed by atoms with Crippen LogP contribution in [0.15, 0.2) is 48.0 Å². The molecule has 1 fully saturated rings. The predicted molar refractivity (Wildman–Crippen MR) is 147 cm³/mol. The van der Waals surface area contributed by atoms with Gasteiger partial charge in [0.15, 0.2) is 5.78 Å². The van der Waals surface area contributed by atoms with E-state index in [2.05, 4.69) is 4.98 Å². The number of rotatable bonds is 8. The minimum absolute atomic E-state index is 0.00144. The average Bonchev–Trinajstić information content (AvgIpc) is 3.60. The van der Waals surface area contributed by atoms with E-state index in [1.807, 2.05) is 50.5 Å². The average molecular weight is 550 g/mol. The molecule has 3 heterocycles. The van der Waals surface area contributed by atoms with E-state index in [1.54, 1.807) is 23.5 Å². The van der Waals surface area contributed by atoms with Crippen molar-refractivity contribution in [1.82, 2.24) is 14.8 Å². The van der Waals surface area contributed by atoms with Crippen LogP contribution in [0.25, 0.3) is 10.4 Å². The Hall–Kier alpha value is -3.43. The van der Waals surface area contributed by atoms with Crippen LogP contribution in [0.5, 0.6) is 0 Å². The normalized spacial score (nSPS) is 19.6. The summed E-state index contributed by atoms with van der Waals surface area (Å²) in [5, 5.41) is 10.4. The van der Waals surface area contributed by atoms with E-state index >= 15 is 0 Å². The smallest absolute Gasteiger partial charge is 0.258 e. The second-order valence-electron chi connectivity index (χ2n) is 10.7. The summed E-state index contributed by atoms with van der Waals surface area (Å²) in [6.45, 7) is 5.80. The standard InChI is InChI=1S/C30H32FN3O4S/c1-17(2)27(34-14-21-5-4-6-23(31)26(21)29(34)37)30(38)33-15-22(35)13-24(33)25(36)12-9-19-7-10-20(11-8-19)28-18(3)32-16-39-28/h4-8,10-11,16-17,22,24,27,35H,9,12-15H2,1-3H3/t22-,24+,27+/m1/s1. The molecule has 0 unspecified atom stereocenters. The molecule has 1 N–H and O–H groups in total. The highest BCUT2D eigenvalue weighted by molar-refractivity contribution is 7.13. The van der Waals surface area contributed by atoms with Gasteiger partial charge in [-0.3, -0.25) is 14.4 Å². The second-order valence-corrected chi connectivity index (χ2v) is 11.6. The number of hydrogen-bond donors (Lipinski definition) is 1. The molecule has 3 aromatic rings. The lowest BCUT2D eigenvalue weighted by Crippen LogP contribution is -2.54. The summed E-state index contributed by atoms with van der Waals surface area (Å²) in [7, 11) is 0. The van der Waals surface area contributed by atoms with Gasteiger partial charge in [-0.1, -0.05) is 50.2 Å². The van der Waals surface area contributed by atoms with E-state index in [1.165, 1.54) is 15.9 Å². The molecule has 2 aromatic carbocycles. The van der Waals surface area contributed by atoms with Gasteiger partial charge in [0.2, 0.25) is 5.91 Å². The third kappa shape index (κ3) is 5.25. The van der Waals surface area contributed by atoms with Crippen LogP contribution in [-0.2, 0) is 22.6 Å². The van der Waals surface area contributed by atoms with Crippen LogP contribution < -0.4 is 0 Å². The van der Waals surface area contributed by atoms with Crippen LogP contribution in [0.4, 0.5) is 4.39 Å². The highest BCUT2D eigenvalue weighted by atomic mass is 32.1. The first-order valence-corrected chi connectivity index (χ1v) is 14.1. The number of thiazole rings is 1. The molecule has 0 aliphatic carbocycles. The summed E-state index contributed by atoms with van der Waals surface area (Å²) in [5.41, 5.74) is 5.44. The van der Waals surface area contributed by atoms with Gasteiger partial charge in [-0.2, -0.15) is 0 Å². The Bertz CT molecular complexity index is 1400. The summed E-state index contributed by atoms with van der Waals surface area (Å²) >= 11 is 1.59. The molecule has 0 bridgehead atoms. The molecule has 0 saturated carbocycles. The number of ketones is 1. The molecule has 5 rings (SSSR count). The summed E-state index contributed by atoms with van der Waals surface area (Å²) in [6, 6.07) is 10.9. The van der Waals surface area contributed by atoms with Crippen molar-refractivity contribution >= 4 is 28.9 Å². The number of fused-ring (bicyclic) bond motifs is 1. The lowest BCUT2D eigenvalue weighted by Gasteiger charge is -2.35. The Labute approximate surface area is 231 Å². The van der Waals surface area contributed by atoms with E-state index < -0.39 is 29.9 Å². The third-order valence-corrected chi connectivity index (χ3v) is 8.67. The lowest BCUT2D eigenvalue weighted by atomic mass is 9.98. The number of hydrogen-bond acceptors (Lipinski definition) is 6.